The monoisotopic (exact) mass is 818 g/mol. The van der Waals surface area contributed by atoms with Crippen LogP contribution in [-0.2, 0) is 0 Å². The van der Waals surface area contributed by atoms with Crippen molar-refractivity contribution >= 4 is 65.6 Å². The summed E-state index contributed by atoms with van der Waals surface area (Å²) in [5.74, 6) is 1.76. The molecule has 0 radical (unpaired) electrons. The highest BCUT2D eigenvalue weighted by molar-refractivity contribution is 6.23. The summed E-state index contributed by atoms with van der Waals surface area (Å²) in [5, 5.41) is 7.62. The molecule has 0 spiro atoms. The molecule has 0 saturated carbocycles. The molecule has 64 heavy (non-hydrogen) atoms. The maximum absolute atomic E-state index is 6.68. The molecule has 6 nitrogen and oxygen atoms in total. The van der Waals surface area contributed by atoms with Crippen molar-refractivity contribution in [1.82, 2.24) is 19.9 Å². The Morgan fingerprint density at radius 1 is 0.297 bits per heavy atom. The van der Waals surface area contributed by atoms with E-state index >= 15 is 0 Å². The van der Waals surface area contributed by atoms with Gasteiger partial charge < -0.3 is 8.83 Å². The summed E-state index contributed by atoms with van der Waals surface area (Å²) in [6.45, 7) is 0. The molecule has 0 saturated heterocycles. The van der Waals surface area contributed by atoms with E-state index in [0.29, 0.717) is 17.5 Å². The lowest BCUT2D eigenvalue weighted by molar-refractivity contribution is 0.668. The topological polar surface area (TPSA) is 77.8 Å². The third kappa shape index (κ3) is 5.81. The van der Waals surface area contributed by atoms with Crippen LogP contribution < -0.4 is 0 Å². The highest BCUT2D eigenvalue weighted by Crippen LogP contribution is 2.44. The van der Waals surface area contributed by atoms with Gasteiger partial charge in [-0.25, -0.2) is 19.9 Å². The zero-order valence-electron chi connectivity index (χ0n) is 34.2. The quantitative estimate of drug-likeness (QED) is 0.166. The van der Waals surface area contributed by atoms with E-state index in [1.165, 1.54) is 0 Å². The van der Waals surface area contributed by atoms with Crippen molar-refractivity contribution < 1.29 is 8.83 Å². The molecule has 13 rings (SSSR count). The van der Waals surface area contributed by atoms with Gasteiger partial charge in [0.25, 0.3) is 0 Å². The van der Waals surface area contributed by atoms with Gasteiger partial charge in [-0.2, -0.15) is 0 Å². The summed E-state index contributed by atoms with van der Waals surface area (Å²) in [7, 11) is 0. The number of rotatable bonds is 6. The molecule has 0 N–H and O–H groups in total. The van der Waals surface area contributed by atoms with Gasteiger partial charge in [-0.05, 0) is 40.1 Å². The minimum absolute atomic E-state index is 0.578. The first-order valence-corrected chi connectivity index (χ1v) is 21.4. The average Bonchev–Trinajstić information content (AvgIpc) is 3.96. The zero-order chi connectivity index (χ0) is 42.1. The number of furan rings is 2. The predicted octanol–water partition coefficient (Wildman–Crippen LogP) is 15.4. The van der Waals surface area contributed by atoms with Gasteiger partial charge in [0.1, 0.15) is 22.4 Å². The molecule has 9 aromatic carbocycles. The van der Waals surface area contributed by atoms with E-state index in [-0.39, 0.29) is 0 Å². The summed E-state index contributed by atoms with van der Waals surface area (Å²) >= 11 is 0. The fraction of sp³-hybridized carbons (Fsp3) is 0. The minimum Gasteiger partial charge on any atom is -0.455 e. The number of benzene rings is 9. The number of para-hydroxylation sites is 4. The first-order chi connectivity index (χ1) is 31.7. The lowest BCUT2D eigenvalue weighted by Gasteiger charge is -2.13. The maximum atomic E-state index is 6.68. The molecule has 0 atom stereocenters. The van der Waals surface area contributed by atoms with Crippen LogP contribution in [0.1, 0.15) is 0 Å². The van der Waals surface area contributed by atoms with Crippen LogP contribution in [0.2, 0.25) is 0 Å². The highest BCUT2D eigenvalue weighted by atomic mass is 16.3. The Balaban J connectivity index is 0.958. The molecule has 6 heteroatoms. The molecule has 4 heterocycles. The zero-order valence-corrected chi connectivity index (χ0v) is 34.2. The van der Waals surface area contributed by atoms with Crippen LogP contribution in [0.3, 0.4) is 0 Å². The molecular formula is C58H34N4O2. The fourth-order valence-electron chi connectivity index (χ4n) is 9.30. The average molecular weight is 819 g/mol. The van der Waals surface area contributed by atoms with Crippen LogP contribution in [0.25, 0.3) is 133 Å². The second-order valence-electron chi connectivity index (χ2n) is 16.1. The van der Waals surface area contributed by atoms with Crippen LogP contribution in [0.4, 0.5) is 0 Å². The van der Waals surface area contributed by atoms with Crippen LogP contribution in [0, 0.1) is 0 Å². The summed E-state index contributed by atoms with van der Waals surface area (Å²) in [6, 6.07) is 70.9. The second kappa shape index (κ2) is 14.4. The molecule has 0 unspecified atom stereocenters. The largest absolute Gasteiger partial charge is 0.455 e. The lowest BCUT2D eigenvalue weighted by Crippen LogP contribution is -2.00. The summed E-state index contributed by atoms with van der Waals surface area (Å²) in [6.07, 6.45) is 0. The first-order valence-electron chi connectivity index (χ1n) is 21.4. The molecule has 0 bridgehead atoms. The summed E-state index contributed by atoms with van der Waals surface area (Å²) in [5.41, 5.74) is 12.8. The van der Waals surface area contributed by atoms with Crippen molar-refractivity contribution in [2.75, 3.05) is 0 Å². The van der Waals surface area contributed by atoms with E-state index in [2.05, 4.69) is 146 Å². The Bertz CT molecular complexity index is 3960. The van der Waals surface area contributed by atoms with Crippen LogP contribution in [0.5, 0.6) is 0 Å². The number of hydrogen-bond donors (Lipinski definition) is 0. The van der Waals surface area contributed by atoms with Gasteiger partial charge in [0.2, 0.25) is 0 Å². The Hall–Kier alpha value is -8.74. The molecular weight excluding hydrogens is 785 g/mol. The smallest absolute Gasteiger partial charge is 0.164 e. The molecule has 0 aliphatic rings. The van der Waals surface area contributed by atoms with Crippen molar-refractivity contribution in [3.05, 3.63) is 206 Å². The third-order valence-electron chi connectivity index (χ3n) is 12.3. The summed E-state index contributed by atoms with van der Waals surface area (Å²) < 4.78 is 13.1. The van der Waals surface area contributed by atoms with E-state index in [9.17, 15) is 0 Å². The SMILES string of the molecule is c1ccc(-c2nc(-c3ccc(-c4cccc5c4oc4ccccc45)cc3)nc(-c3cccc(-c4cccc5c4nc(-c4cccc6ccccc46)c4oc6ccccc6c45)c3)n2)cc1. The van der Waals surface area contributed by atoms with Gasteiger partial charge in [-0.1, -0.05) is 188 Å². The Kier molecular flexibility index (Phi) is 8.11. The van der Waals surface area contributed by atoms with Crippen molar-refractivity contribution in [1.29, 1.82) is 0 Å². The van der Waals surface area contributed by atoms with Gasteiger partial charge in [0.05, 0.1) is 5.52 Å². The van der Waals surface area contributed by atoms with Gasteiger partial charge in [-0.15, -0.1) is 0 Å². The van der Waals surface area contributed by atoms with Gasteiger partial charge in [0, 0.05) is 60.3 Å². The van der Waals surface area contributed by atoms with Crippen LogP contribution >= 0.6 is 0 Å². The molecule has 0 aliphatic heterocycles. The molecule has 0 fully saturated rings. The number of aromatic nitrogens is 4. The second-order valence-corrected chi connectivity index (χ2v) is 16.1. The fourth-order valence-corrected chi connectivity index (χ4v) is 9.30. The normalized spacial score (nSPS) is 11.8. The standard InChI is InChI=1S/C58H34N4O2/c1-2-15-37(16-3-1)56-60-57(38-32-30-36(31-33-38)43-24-13-26-46-44-21-6-8-28-49(44)63-54(43)46)62-58(61-56)40-19-10-18-39(34-40)42-23-12-27-48-51-47-22-7-9-29-50(47)64-55(51)53(59-52(42)48)45-25-11-17-35-14-4-5-20-41(35)45/h1-34H. The number of nitrogens with zero attached hydrogens (tertiary/aromatic N) is 4. The number of fused-ring (bicyclic) bond motifs is 9. The highest BCUT2D eigenvalue weighted by Gasteiger charge is 2.22. The Morgan fingerprint density at radius 3 is 1.62 bits per heavy atom. The molecule has 13 aromatic rings. The predicted molar refractivity (Wildman–Crippen MR) is 260 cm³/mol. The van der Waals surface area contributed by atoms with E-state index in [4.69, 9.17) is 28.8 Å². The van der Waals surface area contributed by atoms with Crippen molar-refractivity contribution in [3.8, 4) is 67.7 Å². The maximum Gasteiger partial charge on any atom is 0.164 e. The minimum atomic E-state index is 0.578. The molecule has 298 valence electrons. The number of pyridine rings is 1. The number of hydrogen-bond acceptors (Lipinski definition) is 6. The van der Waals surface area contributed by atoms with Crippen molar-refractivity contribution in [2.24, 2.45) is 0 Å². The lowest BCUT2D eigenvalue weighted by atomic mass is 9.95. The first kappa shape index (κ1) is 36.0. The third-order valence-corrected chi connectivity index (χ3v) is 12.3. The van der Waals surface area contributed by atoms with E-state index < -0.39 is 0 Å². The molecule has 4 aromatic heterocycles. The van der Waals surface area contributed by atoms with Crippen molar-refractivity contribution in [2.45, 2.75) is 0 Å². The Labute approximate surface area is 366 Å². The molecule has 0 aliphatic carbocycles. The van der Waals surface area contributed by atoms with Gasteiger partial charge >= 0.3 is 0 Å². The molecule has 0 amide bonds. The van der Waals surface area contributed by atoms with E-state index in [1.54, 1.807) is 0 Å². The van der Waals surface area contributed by atoms with E-state index in [0.717, 1.165) is 116 Å². The van der Waals surface area contributed by atoms with Crippen LogP contribution in [-0.4, -0.2) is 19.9 Å². The summed E-state index contributed by atoms with van der Waals surface area (Å²) in [4.78, 5) is 20.8. The Morgan fingerprint density at radius 2 is 0.812 bits per heavy atom. The van der Waals surface area contributed by atoms with Crippen LogP contribution in [0.15, 0.2) is 215 Å². The van der Waals surface area contributed by atoms with Gasteiger partial charge in [-0.3, -0.25) is 0 Å². The van der Waals surface area contributed by atoms with E-state index in [1.807, 2.05) is 60.7 Å². The van der Waals surface area contributed by atoms with Gasteiger partial charge in [0.15, 0.2) is 23.1 Å². The van der Waals surface area contributed by atoms with Crippen molar-refractivity contribution in [3.63, 3.8) is 0 Å².